The lowest BCUT2D eigenvalue weighted by Gasteiger charge is -2.50. The summed E-state index contributed by atoms with van der Waals surface area (Å²) < 4.78 is 32.2. The molecule has 1 amide bonds. The first-order valence-electron chi connectivity index (χ1n) is 6.91. The number of nitrogens with zero attached hydrogens (tertiary/aromatic N) is 2. The second-order valence-corrected chi connectivity index (χ2v) is 7.11. The summed E-state index contributed by atoms with van der Waals surface area (Å²) in [5.41, 5.74) is -1.50. The monoisotopic (exact) mass is 357 g/mol. The molecule has 2 saturated heterocycles. The van der Waals surface area contributed by atoms with Crippen molar-refractivity contribution in [3.05, 3.63) is 23.8 Å². The number of amides is 1. The van der Waals surface area contributed by atoms with Crippen molar-refractivity contribution in [3.63, 3.8) is 0 Å². The number of aromatic hydroxyl groups is 2. The molecule has 3 rings (SSSR count). The number of hydrogen-bond donors (Lipinski definition) is 4. The van der Waals surface area contributed by atoms with Gasteiger partial charge in [-0.1, -0.05) is 6.07 Å². The van der Waals surface area contributed by atoms with E-state index in [0.717, 1.165) is 11.9 Å². The van der Waals surface area contributed by atoms with Gasteiger partial charge in [-0.3, -0.25) is 20.0 Å². The Hall–Kier alpha value is -2.21. The summed E-state index contributed by atoms with van der Waals surface area (Å²) in [6, 6.07) is 1.92. The van der Waals surface area contributed by atoms with E-state index in [0.29, 0.717) is 5.56 Å². The molecule has 1 aromatic carbocycles. The van der Waals surface area contributed by atoms with E-state index in [4.69, 9.17) is 5.84 Å². The van der Waals surface area contributed by atoms with Crippen LogP contribution in [0.5, 0.6) is 11.5 Å². The molecule has 10 nitrogen and oxygen atoms in total. The Bertz CT molecular complexity index is 855. The highest BCUT2D eigenvalue weighted by Gasteiger charge is 2.75. The number of Topliss-reactive ketones (excluding diaryl/α,β-unsaturated/α-hetero) is 1. The smallest absolute Gasteiger partial charge is 0.362 e. The Kier molecular flexibility index (Phi) is 3.39. The fourth-order valence-electron chi connectivity index (χ4n) is 3.55. The average molecular weight is 357 g/mol. The molecule has 0 radical (unpaired) electrons. The van der Waals surface area contributed by atoms with Gasteiger partial charge in [0, 0.05) is 0 Å². The number of phenolic OH excluding ortho intramolecular Hbond substituents is 2. The van der Waals surface area contributed by atoms with Gasteiger partial charge in [0.15, 0.2) is 22.8 Å². The van der Waals surface area contributed by atoms with E-state index in [-0.39, 0.29) is 16.5 Å². The summed E-state index contributed by atoms with van der Waals surface area (Å²) in [5.74, 6) is 3.42. The molecule has 2 fully saturated rings. The minimum atomic E-state index is -4.83. The molecule has 2 aliphatic heterocycles. The third-order valence-corrected chi connectivity index (χ3v) is 5.57. The Balaban J connectivity index is 2.07. The molecule has 0 saturated carbocycles. The van der Waals surface area contributed by atoms with Crippen LogP contribution < -0.4 is 5.84 Å². The van der Waals surface area contributed by atoms with Crippen molar-refractivity contribution in [2.75, 3.05) is 0 Å². The van der Waals surface area contributed by atoms with Crippen LogP contribution in [-0.4, -0.2) is 55.8 Å². The first-order chi connectivity index (χ1) is 11.0. The number of rotatable bonds is 3. The third-order valence-electron chi connectivity index (χ3n) is 4.65. The van der Waals surface area contributed by atoms with Crippen LogP contribution in [0.1, 0.15) is 24.9 Å². The molecule has 1 aromatic rings. The molecule has 24 heavy (non-hydrogen) atoms. The van der Waals surface area contributed by atoms with Gasteiger partial charge in [-0.25, -0.2) is 9.31 Å². The van der Waals surface area contributed by atoms with E-state index in [1.165, 1.54) is 18.2 Å². The molecule has 0 bridgehead atoms. The first kappa shape index (κ1) is 16.6. The van der Waals surface area contributed by atoms with Crippen molar-refractivity contribution in [2.45, 2.75) is 31.0 Å². The summed E-state index contributed by atoms with van der Waals surface area (Å²) in [6.07, 6.45) is -0.0498. The molecule has 11 heteroatoms. The number of carbonyl (C=O) groups is 2. The molecule has 2 heterocycles. The SMILES string of the molecule is CC(=O)[C@]12C(=O)N(S(=O)(=O)O)[C@@H]1C[C@H](c1ccc(O)c(O)c1)N2N. The largest absolute Gasteiger partial charge is 0.504 e. The van der Waals surface area contributed by atoms with Crippen molar-refractivity contribution in [2.24, 2.45) is 5.84 Å². The van der Waals surface area contributed by atoms with Gasteiger partial charge in [0.05, 0.1) is 12.1 Å². The number of benzene rings is 1. The quantitative estimate of drug-likeness (QED) is 0.176. The Labute approximate surface area is 136 Å². The Morgan fingerprint density at radius 3 is 2.46 bits per heavy atom. The Morgan fingerprint density at radius 2 is 1.96 bits per heavy atom. The summed E-state index contributed by atoms with van der Waals surface area (Å²) in [5, 5.41) is 19.9. The van der Waals surface area contributed by atoms with E-state index in [1.54, 1.807) is 0 Å². The van der Waals surface area contributed by atoms with Crippen LogP contribution in [0, 0.1) is 0 Å². The molecule has 0 aromatic heterocycles. The van der Waals surface area contributed by atoms with Gasteiger partial charge < -0.3 is 10.2 Å². The molecule has 3 atom stereocenters. The van der Waals surface area contributed by atoms with Crippen molar-refractivity contribution >= 4 is 22.0 Å². The number of hydrazine groups is 1. The number of β-lactam (4-membered cyclic amide) rings is 1. The van der Waals surface area contributed by atoms with Gasteiger partial charge in [-0.05, 0) is 31.0 Å². The normalized spacial score (nSPS) is 30.1. The fraction of sp³-hybridized carbons (Fsp3) is 0.385. The van der Waals surface area contributed by atoms with E-state index in [9.17, 15) is 32.8 Å². The highest BCUT2D eigenvalue weighted by atomic mass is 32.2. The van der Waals surface area contributed by atoms with Gasteiger partial charge >= 0.3 is 10.3 Å². The fourth-order valence-corrected chi connectivity index (χ4v) is 4.46. The van der Waals surface area contributed by atoms with Crippen LogP contribution in [0.4, 0.5) is 0 Å². The second-order valence-electron chi connectivity index (χ2n) is 5.82. The standard InChI is InChI=1S/C13H15N3O7S/c1-6(17)13-11(15(12(13)20)24(21,22)23)5-8(16(13)14)7-2-3-9(18)10(19)4-7/h2-4,8,11,18-19H,5,14H2,1H3,(H,21,22,23)/t8-,11-,13-/m1/s1. The predicted octanol–water partition coefficient (Wildman–Crippen LogP) is -0.940. The van der Waals surface area contributed by atoms with Crippen LogP contribution in [0.2, 0.25) is 0 Å². The number of phenols is 2. The first-order valence-corrected chi connectivity index (χ1v) is 8.30. The minimum absolute atomic E-state index is 0.0498. The number of ketones is 1. The number of hydrogen-bond acceptors (Lipinski definition) is 8. The maximum Gasteiger partial charge on any atom is 0.362 e. The zero-order valence-electron chi connectivity index (χ0n) is 12.4. The van der Waals surface area contributed by atoms with E-state index < -0.39 is 45.4 Å². The molecule has 5 N–H and O–H groups in total. The van der Waals surface area contributed by atoms with Crippen molar-refractivity contribution in [1.29, 1.82) is 0 Å². The second kappa shape index (κ2) is 4.89. The van der Waals surface area contributed by atoms with Crippen molar-refractivity contribution < 1.29 is 32.8 Å². The lowest BCUT2D eigenvalue weighted by Crippen LogP contribution is -2.81. The van der Waals surface area contributed by atoms with Gasteiger partial charge in [0.25, 0.3) is 5.91 Å². The van der Waals surface area contributed by atoms with Crippen LogP contribution in [0.25, 0.3) is 0 Å². The zero-order valence-corrected chi connectivity index (χ0v) is 13.3. The number of carbonyl (C=O) groups excluding carboxylic acids is 2. The van der Waals surface area contributed by atoms with Crippen LogP contribution in [-0.2, 0) is 19.9 Å². The third kappa shape index (κ3) is 1.89. The van der Waals surface area contributed by atoms with Gasteiger partial charge in [0.2, 0.25) is 0 Å². The highest BCUT2D eigenvalue weighted by molar-refractivity contribution is 7.84. The van der Waals surface area contributed by atoms with E-state index in [2.05, 4.69) is 0 Å². The van der Waals surface area contributed by atoms with Gasteiger partial charge in [-0.15, -0.1) is 0 Å². The van der Waals surface area contributed by atoms with E-state index >= 15 is 0 Å². The average Bonchev–Trinajstić information content (AvgIpc) is 2.69. The summed E-state index contributed by atoms with van der Waals surface area (Å²) in [7, 11) is -4.83. The van der Waals surface area contributed by atoms with Gasteiger partial charge in [0.1, 0.15) is 0 Å². The predicted molar refractivity (Wildman–Crippen MR) is 78.8 cm³/mol. The maximum atomic E-state index is 12.3. The summed E-state index contributed by atoms with van der Waals surface area (Å²) in [4.78, 5) is 24.4. The molecule has 0 unspecified atom stereocenters. The van der Waals surface area contributed by atoms with Crippen LogP contribution in [0.3, 0.4) is 0 Å². The summed E-state index contributed by atoms with van der Waals surface area (Å²) in [6.45, 7) is 1.11. The molecular weight excluding hydrogens is 342 g/mol. The van der Waals surface area contributed by atoms with Crippen LogP contribution >= 0.6 is 0 Å². The van der Waals surface area contributed by atoms with E-state index in [1.807, 2.05) is 0 Å². The van der Waals surface area contributed by atoms with Crippen molar-refractivity contribution in [1.82, 2.24) is 9.31 Å². The minimum Gasteiger partial charge on any atom is -0.504 e. The maximum absolute atomic E-state index is 12.3. The summed E-state index contributed by atoms with van der Waals surface area (Å²) >= 11 is 0. The molecule has 130 valence electrons. The van der Waals surface area contributed by atoms with Gasteiger partial charge in [-0.2, -0.15) is 8.42 Å². The van der Waals surface area contributed by atoms with Crippen molar-refractivity contribution in [3.8, 4) is 11.5 Å². The molecule has 2 aliphatic rings. The molecule has 0 spiro atoms. The Morgan fingerprint density at radius 1 is 1.33 bits per heavy atom. The lowest BCUT2D eigenvalue weighted by atomic mass is 9.79. The topological polar surface area (TPSA) is 161 Å². The molecule has 0 aliphatic carbocycles. The van der Waals surface area contributed by atoms with Crippen LogP contribution in [0.15, 0.2) is 18.2 Å². The number of fused-ring (bicyclic) bond motifs is 1. The zero-order chi connectivity index (χ0) is 18.0. The lowest BCUT2D eigenvalue weighted by molar-refractivity contribution is -0.165. The molecular formula is C13H15N3O7S. The number of nitrogens with two attached hydrogens (primary N) is 1. The highest BCUT2D eigenvalue weighted by Crippen LogP contribution is 2.52.